The molecule has 0 unspecified atom stereocenters. The molecule has 158 valence electrons. The molecule has 2 aromatic carbocycles. The summed E-state index contributed by atoms with van der Waals surface area (Å²) in [7, 11) is 0. The molecule has 0 fully saturated rings. The van der Waals surface area contributed by atoms with E-state index in [1.165, 1.54) is 6.20 Å². The summed E-state index contributed by atoms with van der Waals surface area (Å²) in [5.74, 6) is 0.558. The van der Waals surface area contributed by atoms with Crippen LogP contribution in [0.5, 0.6) is 5.75 Å². The lowest BCUT2D eigenvalue weighted by atomic mass is 9.99. The number of primary amides is 1. The van der Waals surface area contributed by atoms with Crippen LogP contribution >= 0.6 is 23.2 Å². The second-order valence-corrected chi connectivity index (χ2v) is 7.68. The van der Waals surface area contributed by atoms with Crippen LogP contribution in [0.1, 0.15) is 41.1 Å². The first-order valence-electron chi connectivity index (χ1n) is 9.52. The largest absolute Gasteiger partial charge is 0.494 e. The molecule has 1 amide bonds. The van der Waals surface area contributed by atoms with E-state index in [0.29, 0.717) is 41.3 Å². The standard InChI is InChI=1S/C22H23Cl2N3O3/c1-14(30-13-15-5-3-2-4-6-15)17(22-26-12-20(27-22)21(25)28)9-10-29-16-7-8-18(23)19(24)11-16/h2-8,11-12,14,17H,9-10,13H2,1H3,(H2,25,28)(H,26,27)/t14-,17-/m0/s1. The summed E-state index contributed by atoms with van der Waals surface area (Å²) >= 11 is 12.0. The zero-order chi connectivity index (χ0) is 21.5. The van der Waals surface area contributed by atoms with Gasteiger partial charge in [-0.05, 0) is 31.0 Å². The quantitative estimate of drug-likeness (QED) is 0.458. The van der Waals surface area contributed by atoms with Crippen LogP contribution in [-0.2, 0) is 11.3 Å². The third kappa shape index (κ3) is 5.98. The summed E-state index contributed by atoms with van der Waals surface area (Å²) < 4.78 is 11.9. The predicted molar refractivity (Wildman–Crippen MR) is 117 cm³/mol. The van der Waals surface area contributed by atoms with E-state index < -0.39 is 5.91 Å². The molecule has 3 rings (SSSR count). The maximum Gasteiger partial charge on any atom is 0.266 e. The van der Waals surface area contributed by atoms with Gasteiger partial charge in [0.25, 0.3) is 5.91 Å². The van der Waals surface area contributed by atoms with Crippen LogP contribution in [0.2, 0.25) is 10.0 Å². The van der Waals surface area contributed by atoms with E-state index in [2.05, 4.69) is 9.97 Å². The fourth-order valence-electron chi connectivity index (χ4n) is 3.03. The molecule has 1 aromatic heterocycles. The van der Waals surface area contributed by atoms with Gasteiger partial charge in [0.2, 0.25) is 0 Å². The van der Waals surface area contributed by atoms with E-state index in [9.17, 15) is 4.79 Å². The van der Waals surface area contributed by atoms with E-state index in [1.54, 1.807) is 18.2 Å². The molecule has 0 radical (unpaired) electrons. The fourth-order valence-corrected chi connectivity index (χ4v) is 3.32. The molecule has 0 aliphatic carbocycles. The number of rotatable bonds is 10. The number of nitrogens with one attached hydrogen (secondary N) is 1. The van der Waals surface area contributed by atoms with Crippen LogP contribution in [0.25, 0.3) is 0 Å². The highest BCUT2D eigenvalue weighted by molar-refractivity contribution is 6.42. The van der Waals surface area contributed by atoms with E-state index in [1.807, 2.05) is 37.3 Å². The highest BCUT2D eigenvalue weighted by Crippen LogP contribution is 2.28. The van der Waals surface area contributed by atoms with Gasteiger partial charge in [-0.2, -0.15) is 0 Å². The van der Waals surface area contributed by atoms with Crippen molar-refractivity contribution in [2.75, 3.05) is 6.61 Å². The van der Waals surface area contributed by atoms with E-state index in [4.69, 9.17) is 38.4 Å². The number of nitrogens with two attached hydrogens (primary N) is 1. The van der Waals surface area contributed by atoms with Gasteiger partial charge in [0.1, 0.15) is 17.3 Å². The van der Waals surface area contributed by atoms with Gasteiger partial charge < -0.3 is 20.2 Å². The first-order valence-corrected chi connectivity index (χ1v) is 10.3. The van der Waals surface area contributed by atoms with Crippen LogP contribution in [0.3, 0.4) is 0 Å². The molecule has 0 aliphatic rings. The molecule has 3 aromatic rings. The van der Waals surface area contributed by atoms with Crippen molar-refractivity contribution in [2.24, 2.45) is 5.73 Å². The van der Waals surface area contributed by atoms with E-state index >= 15 is 0 Å². The highest BCUT2D eigenvalue weighted by Gasteiger charge is 2.24. The molecule has 0 aliphatic heterocycles. The molecule has 0 bridgehead atoms. The van der Waals surface area contributed by atoms with Crippen molar-refractivity contribution in [1.29, 1.82) is 0 Å². The summed E-state index contributed by atoms with van der Waals surface area (Å²) in [6, 6.07) is 15.0. The van der Waals surface area contributed by atoms with Crippen LogP contribution in [0, 0.1) is 0 Å². The molecule has 2 atom stereocenters. The number of aromatic nitrogens is 2. The van der Waals surface area contributed by atoms with Gasteiger partial charge in [-0.3, -0.25) is 4.79 Å². The van der Waals surface area contributed by atoms with Crippen molar-refractivity contribution < 1.29 is 14.3 Å². The Morgan fingerprint density at radius 3 is 2.60 bits per heavy atom. The Bertz CT molecular complexity index is 979. The van der Waals surface area contributed by atoms with Gasteiger partial charge in [-0.1, -0.05) is 53.5 Å². The Labute approximate surface area is 185 Å². The Balaban J connectivity index is 1.67. The molecular weight excluding hydrogens is 425 g/mol. The zero-order valence-corrected chi connectivity index (χ0v) is 18.0. The monoisotopic (exact) mass is 447 g/mol. The number of carbonyl (C=O) groups excluding carboxylic acids is 1. The zero-order valence-electron chi connectivity index (χ0n) is 16.5. The number of carbonyl (C=O) groups is 1. The average Bonchev–Trinajstić information content (AvgIpc) is 3.23. The molecule has 6 nitrogen and oxygen atoms in total. The number of hydrogen-bond donors (Lipinski definition) is 2. The number of aromatic amines is 1. The SMILES string of the molecule is C[C@H](OCc1ccccc1)[C@H](CCOc1ccc(Cl)c(Cl)c1)c1ncc(C(N)=O)[nH]1. The van der Waals surface area contributed by atoms with Crippen molar-refractivity contribution >= 4 is 29.1 Å². The normalized spacial score (nSPS) is 13.0. The molecule has 8 heteroatoms. The Kier molecular flexibility index (Phi) is 7.74. The number of H-pyrrole nitrogens is 1. The molecule has 3 N–H and O–H groups in total. The van der Waals surface area contributed by atoms with E-state index in [0.717, 1.165) is 5.56 Å². The summed E-state index contributed by atoms with van der Waals surface area (Å²) in [5, 5.41) is 0.904. The Hall–Kier alpha value is -2.54. The summed E-state index contributed by atoms with van der Waals surface area (Å²) in [5.41, 5.74) is 6.69. The predicted octanol–water partition coefficient (Wildman–Crippen LogP) is 4.97. The van der Waals surface area contributed by atoms with Crippen molar-refractivity contribution in [3.63, 3.8) is 0 Å². The summed E-state index contributed by atoms with van der Waals surface area (Å²) in [6.45, 7) is 2.84. The lowest BCUT2D eigenvalue weighted by molar-refractivity contribution is 0.0277. The third-order valence-electron chi connectivity index (χ3n) is 4.72. The Morgan fingerprint density at radius 2 is 1.93 bits per heavy atom. The highest BCUT2D eigenvalue weighted by atomic mass is 35.5. The number of halogens is 2. The first-order chi connectivity index (χ1) is 14.4. The number of nitrogens with zero attached hydrogens (tertiary/aromatic N) is 1. The number of benzene rings is 2. The minimum atomic E-state index is -0.558. The summed E-state index contributed by atoms with van der Waals surface area (Å²) in [4.78, 5) is 18.8. The molecule has 30 heavy (non-hydrogen) atoms. The average molecular weight is 448 g/mol. The minimum absolute atomic E-state index is 0.135. The maximum atomic E-state index is 11.4. The molecule has 0 saturated heterocycles. The topological polar surface area (TPSA) is 90.2 Å². The van der Waals surface area contributed by atoms with Crippen molar-refractivity contribution in [3.05, 3.63) is 81.9 Å². The van der Waals surface area contributed by atoms with Crippen molar-refractivity contribution in [3.8, 4) is 5.75 Å². The van der Waals surface area contributed by atoms with Crippen LogP contribution < -0.4 is 10.5 Å². The molecule has 0 saturated carbocycles. The van der Waals surface area contributed by atoms with Crippen molar-refractivity contribution in [1.82, 2.24) is 9.97 Å². The number of amides is 1. The first kappa shape index (κ1) is 22.2. The summed E-state index contributed by atoms with van der Waals surface area (Å²) in [6.07, 6.45) is 1.85. The van der Waals surface area contributed by atoms with Gasteiger partial charge in [-0.25, -0.2) is 4.98 Å². The van der Waals surface area contributed by atoms with Crippen LogP contribution in [-0.4, -0.2) is 28.6 Å². The van der Waals surface area contributed by atoms with Gasteiger partial charge >= 0.3 is 0 Å². The van der Waals surface area contributed by atoms with Crippen LogP contribution in [0.15, 0.2) is 54.7 Å². The van der Waals surface area contributed by atoms with Crippen molar-refractivity contribution in [2.45, 2.75) is 32.0 Å². The minimum Gasteiger partial charge on any atom is -0.494 e. The molecule has 1 heterocycles. The maximum absolute atomic E-state index is 11.4. The Morgan fingerprint density at radius 1 is 1.17 bits per heavy atom. The number of ether oxygens (including phenoxy) is 2. The number of hydrogen-bond acceptors (Lipinski definition) is 4. The smallest absolute Gasteiger partial charge is 0.266 e. The van der Waals surface area contributed by atoms with Gasteiger partial charge in [0, 0.05) is 12.0 Å². The fraction of sp³-hybridized carbons (Fsp3) is 0.273. The second-order valence-electron chi connectivity index (χ2n) is 6.87. The van der Waals surface area contributed by atoms with Gasteiger partial charge in [0.15, 0.2) is 0 Å². The second kappa shape index (κ2) is 10.5. The third-order valence-corrected chi connectivity index (χ3v) is 5.46. The molecular formula is C22H23Cl2N3O3. The van der Waals surface area contributed by atoms with E-state index in [-0.39, 0.29) is 17.7 Å². The number of imidazole rings is 1. The van der Waals surface area contributed by atoms with Gasteiger partial charge in [-0.15, -0.1) is 0 Å². The lowest BCUT2D eigenvalue weighted by Gasteiger charge is -2.23. The lowest BCUT2D eigenvalue weighted by Crippen LogP contribution is -2.23. The molecule has 0 spiro atoms. The van der Waals surface area contributed by atoms with Crippen LogP contribution in [0.4, 0.5) is 0 Å². The van der Waals surface area contributed by atoms with Gasteiger partial charge in [0.05, 0.1) is 35.6 Å².